The fraction of sp³-hybridized carbons (Fsp3) is 0.923. The molecule has 0 aromatic rings. The average molecular weight is 571 g/mol. The summed E-state index contributed by atoms with van der Waals surface area (Å²) in [5.41, 5.74) is -2.76. The predicted octanol–water partition coefficient (Wildman–Crippen LogP) is 4.49. The van der Waals surface area contributed by atoms with Gasteiger partial charge in [0.15, 0.2) is 10.9 Å². The third kappa shape index (κ3) is 16.3. The molecule has 0 aromatic carbocycles. The molecule has 0 saturated heterocycles. The Bertz CT molecular complexity index is 706. The summed E-state index contributed by atoms with van der Waals surface area (Å²) in [4.78, 5) is 25.2. The molecule has 37 heavy (non-hydrogen) atoms. The topological polar surface area (TPSA) is 98.8 Å². The van der Waals surface area contributed by atoms with E-state index in [1.165, 1.54) is 0 Å². The molecule has 0 aromatic heterocycles. The van der Waals surface area contributed by atoms with E-state index in [0.717, 1.165) is 0 Å². The minimum absolute atomic E-state index is 0.0378. The zero-order valence-electron chi connectivity index (χ0n) is 25.0. The largest absolute Gasteiger partial charge is 0.461 e. The molecule has 0 aliphatic carbocycles. The summed E-state index contributed by atoms with van der Waals surface area (Å²) in [6.07, 6.45) is -0.410. The van der Waals surface area contributed by atoms with Crippen molar-refractivity contribution in [2.24, 2.45) is 0 Å². The van der Waals surface area contributed by atoms with Crippen molar-refractivity contribution in [1.82, 2.24) is 0 Å². The van der Waals surface area contributed by atoms with Crippen LogP contribution in [0, 0.1) is 0 Å². The number of rotatable bonds is 18. The van der Waals surface area contributed by atoms with E-state index in [1.807, 2.05) is 62.3 Å². The van der Waals surface area contributed by atoms with E-state index >= 15 is 0 Å². The quantitative estimate of drug-likeness (QED) is 0.174. The van der Waals surface area contributed by atoms with Crippen LogP contribution in [-0.2, 0) is 42.7 Å². The summed E-state index contributed by atoms with van der Waals surface area (Å²) in [6, 6.07) is 0. The molecular formula is C26H52O9P2. The van der Waals surface area contributed by atoms with Gasteiger partial charge in [0.2, 0.25) is 0 Å². The molecule has 0 saturated carbocycles. The van der Waals surface area contributed by atoms with Gasteiger partial charge in [-0.15, -0.1) is 9.24 Å². The lowest BCUT2D eigenvalue weighted by Gasteiger charge is -2.37. The number of esters is 2. The first-order chi connectivity index (χ1) is 16.6. The van der Waals surface area contributed by atoms with Gasteiger partial charge in [-0.2, -0.15) is 0 Å². The van der Waals surface area contributed by atoms with Gasteiger partial charge >= 0.3 is 11.9 Å². The summed E-state index contributed by atoms with van der Waals surface area (Å²) < 4.78 is 39.9. The highest BCUT2D eigenvalue weighted by molar-refractivity contribution is 7.20. The maximum Gasteiger partial charge on any atom is 0.342 e. The van der Waals surface area contributed by atoms with Crippen molar-refractivity contribution in [1.29, 1.82) is 0 Å². The van der Waals surface area contributed by atoms with Crippen molar-refractivity contribution in [2.45, 2.75) is 129 Å². The van der Waals surface area contributed by atoms with Crippen LogP contribution in [0.4, 0.5) is 0 Å². The van der Waals surface area contributed by atoms with Gasteiger partial charge in [-0.3, -0.25) is 0 Å². The average Bonchev–Trinajstić information content (AvgIpc) is 2.71. The van der Waals surface area contributed by atoms with Crippen LogP contribution in [0.3, 0.4) is 0 Å². The summed E-state index contributed by atoms with van der Waals surface area (Å²) in [5, 5.41) is -1.24. The van der Waals surface area contributed by atoms with Gasteiger partial charge in [-0.05, 0) is 83.1 Å². The summed E-state index contributed by atoms with van der Waals surface area (Å²) >= 11 is 0. The predicted molar refractivity (Wildman–Crippen MR) is 151 cm³/mol. The Morgan fingerprint density at radius 3 is 1.65 bits per heavy atom. The lowest BCUT2D eigenvalue weighted by atomic mass is 10.1. The molecule has 6 atom stereocenters. The van der Waals surface area contributed by atoms with Gasteiger partial charge in [0.05, 0.1) is 48.6 Å². The van der Waals surface area contributed by atoms with E-state index in [2.05, 4.69) is 18.5 Å². The van der Waals surface area contributed by atoms with E-state index in [1.54, 1.807) is 20.8 Å². The fourth-order valence-electron chi connectivity index (χ4n) is 3.17. The maximum absolute atomic E-state index is 12.6. The molecule has 0 fully saturated rings. The molecule has 9 nitrogen and oxygen atoms in total. The first kappa shape index (κ1) is 36.6. The highest BCUT2D eigenvalue weighted by atomic mass is 31.0. The molecule has 0 bridgehead atoms. The SMILES string of the molecule is CC(C)OC(C)COC(=O)C(C)(P)OCC(C)(C)OCC(C)(C)OC(C)(C)C(=O)OCC(C)OC(C)P. The Labute approximate surface area is 229 Å². The van der Waals surface area contributed by atoms with Gasteiger partial charge in [0, 0.05) is 0 Å². The normalized spacial score (nSPS) is 17.2. The van der Waals surface area contributed by atoms with Gasteiger partial charge in [-0.25, -0.2) is 9.59 Å². The van der Waals surface area contributed by atoms with Crippen LogP contribution in [0.15, 0.2) is 0 Å². The molecule has 0 heterocycles. The highest BCUT2D eigenvalue weighted by Gasteiger charge is 2.39. The first-order valence-electron chi connectivity index (χ1n) is 12.8. The standard InChI is InChI=1S/C26H52O9P2/c1-17(2)33-18(3)13-30-22(28)26(12,37)32-15-23(6,7)31-16-24(8,9)35-25(10,11)21(27)29-14-19(4)34-20(5)36/h17-20H,13-16,36-37H2,1-12H3. The Morgan fingerprint density at radius 2 is 1.16 bits per heavy atom. The lowest BCUT2D eigenvalue weighted by molar-refractivity contribution is -0.207. The van der Waals surface area contributed by atoms with Gasteiger partial charge < -0.3 is 33.2 Å². The molecule has 0 amide bonds. The van der Waals surface area contributed by atoms with E-state index in [0.29, 0.717) is 0 Å². The minimum atomic E-state index is -1.24. The molecular weight excluding hydrogens is 518 g/mol. The van der Waals surface area contributed by atoms with Crippen molar-refractivity contribution in [3.63, 3.8) is 0 Å². The molecule has 0 aliphatic rings. The van der Waals surface area contributed by atoms with E-state index < -0.39 is 34.1 Å². The number of ether oxygens (including phenoxy) is 7. The third-order valence-corrected chi connectivity index (χ3v) is 5.37. The number of hydrogen-bond acceptors (Lipinski definition) is 9. The molecule has 220 valence electrons. The molecule has 0 aliphatic heterocycles. The summed E-state index contributed by atoms with van der Waals surface area (Å²) in [7, 11) is 4.93. The van der Waals surface area contributed by atoms with E-state index in [4.69, 9.17) is 33.2 Å². The van der Waals surface area contributed by atoms with Crippen molar-refractivity contribution in [2.75, 3.05) is 26.4 Å². The fourth-order valence-corrected chi connectivity index (χ4v) is 3.60. The molecule has 0 rings (SSSR count). The number of hydrogen-bond donors (Lipinski definition) is 0. The van der Waals surface area contributed by atoms with Crippen LogP contribution in [-0.4, -0.2) is 84.7 Å². The van der Waals surface area contributed by atoms with Crippen molar-refractivity contribution in [3.8, 4) is 0 Å². The van der Waals surface area contributed by atoms with Crippen LogP contribution in [0.2, 0.25) is 0 Å². The Balaban J connectivity index is 4.77. The van der Waals surface area contributed by atoms with Crippen molar-refractivity contribution in [3.05, 3.63) is 0 Å². The smallest absolute Gasteiger partial charge is 0.342 e. The highest BCUT2D eigenvalue weighted by Crippen LogP contribution is 2.27. The second-order valence-electron chi connectivity index (χ2n) is 11.7. The van der Waals surface area contributed by atoms with E-state index in [-0.39, 0.29) is 50.6 Å². The van der Waals surface area contributed by atoms with E-state index in [9.17, 15) is 9.59 Å². The van der Waals surface area contributed by atoms with Gasteiger partial charge in [-0.1, -0.05) is 9.24 Å². The van der Waals surface area contributed by atoms with Crippen LogP contribution >= 0.6 is 18.5 Å². The van der Waals surface area contributed by atoms with Crippen LogP contribution < -0.4 is 0 Å². The Hall–Kier alpha value is -0.400. The molecule has 11 heteroatoms. The molecule has 0 radical (unpaired) electrons. The molecule has 0 N–H and O–H groups in total. The van der Waals surface area contributed by atoms with Crippen molar-refractivity contribution < 1.29 is 42.7 Å². The van der Waals surface area contributed by atoms with Gasteiger partial charge in [0.1, 0.15) is 13.2 Å². The minimum Gasteiger partial charge on any atom is -0.461 e. The molecule has 6 unspecified atom stereocenters. The maximum atomic E-state index is 12.6. The van der Waals surface area contributed by atoms with Crippen molar-refractivity contribution >= 4 is 30.4 Å². The van der Waals surface area contributed by atoms with Gasteiger partial charge in [0.25, 0.3) is 0 Å². The van der Waals surface area contributed by atoms with Crippen LogP contribution in [0.25, 0.3) is 0 Å². The first-order valence-corrected chi connectivity index (χ1v) is 14.0. The Morgan fingerprint density at radius 1 is 0.703 bits per heavy atom. The zero-order chi connectivity index (χ0) is 29.2. The third-order valence-electron chi connectivity index (χ3n) is 4.81. The van der Waals surface area contributed by atoms with Crippen LogP contribution in [0.1, 0.15) is 83.1 Å². The summed E-state index contributed by atoms with van der Waals surface area (Å²) in [5.74, 6) is -1.03. The molecule has 0 spiro atoms. The number of carbonyl (C=O) groups excluding carboxylic acids is 2. The summed E-state index contributed by atoms with van der Waals surface area (Å²) in [6.45, 7) is 22.3. The second kappa shape index (κ2) is 15.4. The number of carbonyl (C=O) groups is 2. The van der Waals surface area contributed by atoms with Crippen LogP contribution in [0.5, 0.6) is 0 Å². The zero-order valence-corrected chi connectivity index (χ0v) is 27.3. The lowest BCUT2D eigenvalue weighted by Crippen LogP contribution is -2.48. The second-order valence-corrected chi connectivity index (χ2v) is 13.7. The monoisotopic (exact) mass is 570 g/mol. The Kier molecular flexibility index (Phi) is 15.2.